The molecule has 4 bridgehead atoms. The molecule has 4 aliphatic carbocycles. The fourth-order valence-corrected chi connectivity index (χ4v) is 5.82. The maximum absolute atomic E-state index is 6.24. The van der Waals surface area contributed by atoms with Gasteiger partial charge in [-0.1, -0.05) is 0 Å². The van der Waals surface area contributed by atoms with Gasteiger partial charge in [0.15, 0.2) is 0 Å². The van der Waals surface area contributed by atoms with Crippen LogP contribution in [0.2, 0.25) is 0 Å². The summed E-state index contributed by atoms with van der Waals surface area (Å²) in [5.41, 5.74) is 6.62. The van der Waals surface area contributed by atoms with Crippen LogP contribution in [0.5, 0.6) is 0 Å². The number of rotatable bonds is 3. The largest absolute Gasteiger partial charge is 0.328 e. The maximum Gasteiger partial charge on any atom is 0.119 e. The lowest BCUT2D eigenvalue weighted by Gasteiger charge is -2.63. The summed E-state index contributed by atoms with van der Waals surface area (Å²) in [6.07, 6.45) is 12.3. The fraction of sp³-hybridized carbons (Fsp3) is 0.867. The molecule has 0 aromatic carbocycles. The summed E-state index contributed by atoms with van der Waals surface area (Å²) in [5.74, 6) is 2.86. The Morgan fingerprint density at radius 1 is 1.11 bits per heavy atom. The standard InChI is InChI=1S/C15H24N4/c1-14(8-16,19-9-17-18-10-19)15-5-11-2-12(6-15)4-13(3-11)7-15/h9-13H,2-8,16H2,1H3. The molecule has 5 rings (SSSR count). The molecule has 0 aliphatic heterocycles. The molecule has 4 aliphatic rings. The van der Waals surface area contributed by atoms with E-state index in [1.54, 1.807) is 0 Å². The minimum Gasteiger partial charge on any atom is -0.328 e. The molecule has 4 fully saturated rings. The molecule has 1 aromatic rings. The van der Waals surface area contributed by atoms with Gasteiger partial charge in [0.2, 0.25) is 0 Å². The summed E-state index contributed by atoms with van der Waals surface area (Å²) in [6, 6.07) is 0. The van der Waals surface area contributed by atoms with Gasteiger partial charge in [-0.2, -0.15) is 0 Å². The lowest BCUT2D eigenvalue weighted by atomic mass is 9.45. The highest BCUT2D eigenvalue weighted by Gasteiger charge is 2.58. The highest BCUT2D eigenvalue weighted by molar-refractivity contribution is 5.11. The Kier molecular flexibility index (Phi) is 2.39. The molecule has 0 amide bonds. The summed E-state index contributed by atoms with van der Waals surface area (Å²) in [4.78, 5) is 0. The Morgan fingerprint density at radius 3 is 2.00 bits per heavy atom. The van der Waals surface area contributed by atoms with Crippen molar-refractivity contribution in [2.45, 2.75) is 51.0 Å². The minimum absolute atomic E-state index is 0.00743. The fourth-order valence-electron chi connectivity index (χ4n) is 5.82. The van der Waals surface area contributed by atoms with Gasteiger partial charge in [-0.25, -0.2) is 0 Å². The predicted octanol–water partition coefficient (Wildman–Crippen LogP) is 2.17. The lowest BCUT2D eigenvalue weighted by Crippen LogP contribution is -2.60. The maximum atomic E-state index is 6.24. The van der Waals surface area contributed by atoms with Crippen molar-refractivity contribution in [3.05, 3.63) is 12.7 Å². The molecule has 1 heterocycles. The number of nitrogens with zero attached hydrogens (tertiary/aromatic N) is 3. The SMILES string of the molecule is CC(CN)(n1cnnc1)C12CC3CC(CC(C3)C1)C2. The van der Waals surface area contributed by atoms with Crippen LogP contribution in [-0.2, 0) is 5.54 Å². The van der Waals surface area contributed by atoms with Crippen LogP contribution in [0.15, 0.2) is 12.7 Å². The second-order valence-corrected chi connectivity index (χ2v) is 7.55. The zero-order valence-corrected chi connectivity index (χ0v) is 11.8. The van der Waals surface area contributed by atoms with Crippen LogP contribution in [-0.4, -0.2) is 21.3 Å². The van der Waals surface area contributed by atoms with E-state index in [2.05, 4.69) is 21.7 Å². The third-order valence-electron chi connectivity index (χ3n) is 6.57. The number of nitrogens with two attached hydrogens (primary N) is 1. The van der Waals surface area contributed by atoms with E-state index >= 15 is 0 Å². The van der Waals surface area contributed by atoms with E-state index in [1.807, 2.05) is 12.7 Å². The highest BCUT2D eigenvalue weighted by atomic mass is 15.3. The van der Waals surface area contributed by atoms with Crippen LogP contribution in [0.4, 0.5) is 0 Å². The lowest BCUT2D eigenvalue weighted by molar-refractivity contribution is -0.116. The van der Waals surface area contributed by atoms with Crippen molar-refractivity contribution in [3.63, 3.8) is 0 Å². The molecule has 0 saturated heterocycles. The topological polar surface area (TPSA) is 56.7 Å². The van der Waals surface area contributed by atoms with Gasteiger partial charge in [-0.05, 0) is 68.6 Å². The summed E-state index contributed by atoms with van der Waals surface area (Å²) < 4.78 is 2.19. The molecule has 0 radical (unpaired) electrons. The monoisotopic (exact) mass is 260 g/mol. The molecule has 4 heteroatoms. The molecule has 104 valence electrons. The zero-order valence-electron chi connectivity index (χ0n) is 11.8. The third kappa shape index (κ3) is 1.49. The molecule has 0 spiro atoms. The van der Waals surface area contributed by atoms with Crippen molar-refractivity contribution >= 4 is 0 Å². The van der Waals surface area contributed by atoms with Crippen LogP contribution >= 0.6 is 0 Å². The molecule has 4 saturated carbocycles. The van der Waals surface area contributed by atoms with Crippen LogP contribution in [0.3, 0.4) is 0 Å². The molecule has 1 unspecified atom stereocenters. The van der Waals surface area contributed by atoms with Gasteiger partial charge < -0.3 is 10.3 Å². The normalized spacial score (nSPS) is 43.4. The van der Waals surface area contributed by atoms with Crippen molar-refractivity contribution in [2.24, 2.45) is 28.9 Å². The Balaban J connectivity index is 1.77. The van der Waals surface area contributed by atoms with E-state index in [-0.39, 0.29) is 5.54 Å². The van der Waals surface area contributed by atoms with E-state index in [0.29, 0.717) is 12.0 Å². The minimum atomic E-state index is -0.00743. The van der Waals surface area contributed by atoms with Gasteiger partial charge in [0.1, 0.15) is 12.7 Å². The second kappa shape index (κ2) is 3.81. The van der Waals surface area contributed by atoms with Crippen molar-refractivity contribution in [2.75, 3.05) is 6.54 Å². The predicted molar refractivity (Wildman–Crippen MR) is 73.3 cm³/mol. The van der Waals surface area contributed by atoms with Crippen molar-refractivity contribution in [3.8, 4) is 0 Å². The van der Waals surface area contributed by atoms with Gasteiger partial charge in [-0.3, -0.25) is 0 Å². The summed E-state index contributed by atoms with van der Waals surface area (Å²) in [6.45, 7) is 3.03. The Morgan fingerprint density at radius 2 is 1.58 bits per heavy atom. The Labute approximate surface area is 114 Å². The van der Waals surface area contributed by atoms with Crippen LogP contribution in [0.25, 0.3) is 0 Å². The van der Waals surface area contributed by atoms with E-state index in [1.165, 1.54) is 38.5 Å². The first-order valence-electron chi connectivity index (χ1n) is 7.70. The van der Waals surface area contributed by atoms with E-state index < -0.39 is 0 Å². The highest BCUT2D eigenvalue weighted by Crippen LogP contribution is 2.65. The second-order valence-electron chi connectivity index (χ2n) is 7.55. The Bertz CT molecular complexity index is 431. The van der Waals surface area contributed by atoms with Gasteiger partial charge in [0.25, 0.3) is 0 Å². The van der Waals surface area contributed by atoms with E-state index in [9.17, 15) is 0 Å². The van der Waals surface area contributed by atoms with Gasteiger partial charge >= 0.3 is 0 Å². The Hall–Kier alpha value is -0.900. The first-order valence-corrected chi connectivity index (χ1v) is 7.70. The first-order chi connectivity index (χ1) is 9.15. The van der Waals surface area contributed by atoms with Crippen LogP contribution in [0.1, 0.15) is 45.4 Å². The van der Waals surface area contributed by atoms with E-state index in [0.717, 1.165) is 17.8 Å². The molecular weight excluding hydrogens is 236 g/mol. The average molecular weight is 260 g/mol. The molecule has 2 N–H and O–H groups in total. The summed E-state index contributed by atoms with van der Waals surface area (Å²) in [5, 5.41) is 8.04. The summed E-state index contributed by atoms with van der Waals surface area (Å²) >= 11 is 0. The number of hydrogen-bond donors (Lipinski definition) is 1. The molecule has 19 heavy (non-hydrogen) atoms. The van der Waals surface area contributed by atoms with Gasteiger partial charge in [-0.15, -0.1) is 10.2 Å². The molecular formula is C15H24N4. The smallest absolute Gasteiger partial charge is 0.119 e. The third-order valence-corrected chi connectivity index (χ3v) is 6.57. The van der Waals surface area contributed by atoms with Crippen molar-refractivity contribution < 1.29 is 0 Å². The first kappa shape index (κ1) is 11.9. The average Bonchev–Trinajstić information content (AvgIpc) is 2.90. The zero-order chi connectivity index (χ0) is 13.1. The number of aromatic nitrogens is 3. The number of hydrogen-bond acceptors (Lipinski definition) is 3. The molecule has 1 atom stereocenters. The van der Waals surface area contributed by atoms with Crippen LogP contribution in [0, 0.1) is 23.2 Å². The van der Waals surface area contributed by atoms with Crippen molar-refractivity contribution in [1.82, 2.24) is 14.8 Å². The summed E-state index contributed by atoms with van der Waals surface area (Å²) in [7, 11) is 0. The van der Waals surface area contributed by atoms with Gasteiger partial charge in [0.05, 0.1) is 5.54 Å². The van der Waals surface area contributed by atoms with Crippen molar-refractivity contribution in [1.29, 1.82) is 0 Å². The van der Waals surface area contributed by atoms with Gasteiger partial charge in [0, 0.05) is 6.54 Å². The molecule has 1 aromatic heterocycles. The van der Waals surface area contributed by atoms with E-state index in [4.69, 9.17) is 5.73 Å². The van der Waals surface area contributed by atoms with Crippen LogP contribution < -0.4 is 5.73 Å². The molecule has 4 nitrogen and oxygen atoms in total. The quantitative estimate of drug-likeness (QED) is 0.906.